The Kier molecular flexibility index (Phi) is 8.22. The minimum Gasteiger partial charge on any atom is -0.481 e. The van der Waals surface area contributed by atoms with Crippen molar-refractivity contribution >= 4 is 12.0 Å². The maximum Gasteiger partial charge on any atom is 0.317 e. The molecule has 6 nitrogen and oxygen atoms in total. The molecule has 0 aromatic heterocycles. The average molecular weight is 288 g/mol. The maximum atomic E-state index is 12.1. The van der Waals surface area contributed by atoms with Gasteiger partial charge in [0.15, 0.2) is 0 Å². The molecule has 0 fully saturated rings. The summed E-state index contributed by atoms with van der Waals surface area (Å²) in [5.74, 6) is -0.899. The zero-order valence-corrected chi connectivity index (χ0v) is 13.2. The van der Waals surface area contributed by atoms with Crippen molar-refractivity contribution in [2.45, 2.75) is 46.6 Å². The van der Waals surface area contributed by atoms with E-state index in [4.69, 9.17) is 9.84 Å². The van der Waals surface area contributed by atoms with E-state index < -0.39 is 5.97 Å². The summed E-state index contributed by atoms with van der Waals surface area (Å²) in [6.07, 6.45) is 0.801. The monoisotopic (exact) mass is 288 g/mol. The first kappa shape index (κ1) is 18.7. The molecule has 0 aliphatic carbocycles. The zero-order chi connectivity index (χ0) is 15.8. The molecule has 0 aromatic carbocycles. The number of methoxy groups -OCH3 is 1. The van der Waals surface area contributed by atoms with Gasteiger partial charge >= 0.3 is 12.0 Å². The summed E-state index contributed by atoms with van der Waals surface area (Å²) in [4.78, 5) is 24.4. The first-order chi connectivity index (χ1) is 9.23. The van der Waals surface area contributed by atoms with Gasteiger partial charge in [-0.15, -0.1) is 0 Å². The van der Waals surface area contributed by atoms with Crippen molar-refractivity contribution in [3.63, 3.8) is 0 Å². The number of ether oxygens (including phenoxy) is 1. The van der Waals surface area contributed by atoms with Gasteiger partial charge in [-0.3, -0.25) is 4.79 Å². The van der Waals surface area contributed by atoms with Gasteiger partial charge in [0.2, 0.25) is 0 Å². The molecule has 0 aliphatic heterocycles. The second kappa shape index (κ2) is 8.79. The number of carboxylic acid groups (broad SMARTS) is 1. The first-order valence-electron chi connectivity index (χ1n) is 6.98. The highest BCUT2D eigenvalue weighted by Crippen LogP contribution is 2.19. The van der Waals surface area contributed by atoms with Crippen LogP contribution >= 0.6 is 0 Å². The highest BCUT2D eigenvalue weighted by atomic mass is 16.5. The van der Waals surface area contributed by atoms with Gasteiger partial charge in [-0.25, -0.2) is 4.79 Å². The topological polar surface area (TPSA) is 78.9 Å². The third-order valence-electron chi connectivity index (χ3n) is 3.30. The van der Waals surface area contributed by atoms with Crippen LogP contribution in [-0.4, -0.2) is 54.9 Å². The van der Waals surface area contributed by atoms with Crippen molar-refractivity contribution in [2.75, 3.05) is 26.8 Å². The van der Waals surface area contributed by atoms with Crippen LogP contribution in [0.1, 0.15) is 40.5 Å². The summed E-state index contributed by atoms with van der Waals surface area (Å²) >= 11 is 0. The van der Waals surface area contributed by atoms with E-state index in [0.29, 0.717) is 19.7 Å². The van der Waals surface area contributed by atoms with Crippen molar-refractivity contribution in [2.24, 2.45) is 5.41 Å². The molecule has 1 unspecified atom stereocenters. The molecular formula is C14H28N2O4. The highest BCUT2D eigenvalue weighted by molar-refractivity contribution is 5.75. The number of nitrogens with zero attached hydrogens (tertiary/aromatic N) is 1. The minimum absolute atomic E-state index is 0.0473. The maximum absolute atomic E-state index is 12.1. The molecule has 0 rings (SSSR count). The van der Waals surface area contributed by atoms with Crippen LogP contribution < -0.4 is 5.32 Å². The smallest absolute Gasteiger partial charge is 0.317 e. The molecular weight excluding hydrogens is 260 g/mol. The lowest BCUT2D eigenvalue weighted by molar-refractivity contribution is -0.138. The van der Waals surface area contributed by atoms with Crippen LogP contribution in [-0.2, 0) is 9.53 Å². The summed E-state index contributed by atoms with van der Waals surface area (Å²) in [6, 6.07) is -0.536. The molecule has 0 saturated carbocycles. The largest absolute Gasteiger partial charge is 0.481 e. The van der Waals surface area contributed by atoms with E-state index in [-0.39, 0.29) is 23.9 Å². The standard InChI is InChI=1S/C14H28N2O4/c1-6-16(11(2)9-12(17)18)13(19)15-10-14(3,4)7-8-20-5/h11H,6-10H2,1-5H3,(H,15,19)(H,17,18). The molecule has 0 radical (unpaired) electrons. The van der Waals surface area contributed by atoms with Gasteiger partial charge in [-0.2, -0.15) is 0 Å². The van der Waals surface area contributed by atoms with Crippen LogP contribution in [0.15, 0.2) is 0 Å². The normalized spacial score (nSPS) is 12.8. The molecule has 0 saturated heterocycles. The van der Waals surface area contributed by atoms with Crippen molar-refractivity contribution in [3.8, 4) is 0 Å². The number of urea groups is 1. The Labute approximate surface area is 121 Å². The molecule has 0 heterocycles. The summed E-state index contributed by atoms with van der Waals surface area (Å²) in [7, 11) is 1.65. The van der Waals surface area contributed by atoms with E-state index in [1.807, 2.05) is 6.92 Å². The quantitative estimate of drug-likeness (QED) is 0.679. The van der Waals surface area contributed by atoms with Gasteiger partial charge in [0.25, 0.3) is 0 Å². The van der Waals surface area contributed by atoms with Gasteiger partial charge in [-0.1, -0.05) is 13.8 Å². The molecule has 2 amide bonds. The molecule has 0 bridgehead atoms. The average Bonchev–Trinajstić information content (AvgIpc) is 2.34. The third kappa shape index (κ3) is 7.33. The van der Waals surface area contributed by atoms with Crippen LogP contribution in [0, 0.1) is 5.41 Å². The number of hydrogen-bond donors (Lipinski definition) is 2. The van der Waals surface area contributed by atoms with Gasteiger partial charge in [-0.05, 0) is 25.7 Å². The fourth-order valence-electron chi connectivity index (χ4n) is 1.90. The second-order valence-electron chi connectivity index (χ2n) is 5.80. The Morgan fingerprint density at radius 1 is 1.40 bits per heavy atom. The Bertz CT molecular complexity index is 318. The number of rotatable bonds is 9. The summed E-state index contributed by atoms with van der Waals surface area (Å²) in [5.41, 5.74) is -0.0544. The molecule has 0 aromatic rings. The van der Waals surface area contributed by atoms with Gasteiger partial charge in [0, 0.05) is 32.8 Å². The summed E-state index contributed by atoms with van der Waals surface area (Å²) < 4.78 is 5.05. The number of carboxylic acids is 1. The van der Waals surface area contributed by atoms with E-state index in [9.17, 15) is 9.59 Å². The number of amides is 2. The fourth-order valence-corrected chi connectivity index (χ4v) is 1.90. The van der Waals surface area contributed by atoms with E-state index in [2.05, 4.69) is 19.2 Å². The number of carbonyl (C=O) groups excluding carboxylic acids is 1. The number of aliphatic carboxylic acids is 1. The van der Waals surface area contributed by atoms with Crippen molar-refractivity contribution < 1.29 is 19.4 Å². The molecule has 20 heavy (non-hydrogen) atoms. The Morgan fingerprint density at radius 2 is 2.00 bits per heavy atom. The molecule has 0 spiro atoms. The Morgan fingerprint density at radius 3 is 2.45 bits per heavy atom. The predicted octanol–water partition coefficient (Wildman–Crippen LogP) is 1.94. The SMILES string of the molecule is CCN(C(=O)NCC(C)(C)CCOC)C(C)CC(=O)O. The lowest BCUT2D eigenvalue weighted by atomic mass is 9.90. The predicted molar refractivity (Wildman–Crippen MR) is 77.8 cm³/mol. The van der Waals surface area contributed by atoms with Crippen LogP contribution in [0.2, 0.25) is 0 Å². The molecule has 1 atom stereocenters. The van der Waals surface area contributed by atoms with E-state index in [1.54, 1.807) is 18.9 Å². The zero-order valence-electron chi connectivity index (χ0n) is 13.2. The number of nitrogens with one attached hydrogen (secondary N) is 1. The van der Waals surface area contributed by atoms with Crippen molar-refractivity contribution in [1.29, 1.82) is 0 Å². The molecule has 118 valence electrons. The van der Waals surface area contributed by atoms with Gasteiger partial charge in [0.1, 0.15) is 0 Å². The molecule has 2 N–H and O–H groups in total. The van der Waals surface area contributed by atoms with Crippen LogP contribution in [0.25, 0.3) is 0 Å². The first-order valence-corrected chi connectivity index (χ1v) is 6.98. The third-order valence-corrected chi connectivity index (χ3v) is 3.30. The summed E-state index contributed by atoms with van der Waals surface area (Å²) in [5, 5.41) is 11.7. The molecule has 0 aliphatic rings. The molecule has 6 heteroatoms. The highest BCUT2D eigenvalue weighted by Gasteiger charge is 2.23. The number of hydrogen-bond acceptors (Lipinski definition) is 3. The number of carbonyl (C=O) groups is 2. The van der Waals surface area contributed by atoms with Crippen LogP contribution in [0.5, 0.6) is 0 Å². The van der Waals surface area contributed by atoms with Crippen molar-refractivity contribution in [3.05, 3.63) is 0 Å². The van der Waals surface area contributed by atoms with E-state index >= 15 is 0 Å². The Balaban J connectivity index is 4.38. The lowest BCUT2D eigenvalue weighted by Crippen LogP contribution is -2.48. The van der Waals surface area contributed by atoms with E-state index in [0.717, 1.165) is 6.42 Å². The van der Waals surface area contributed by atoms with Gasteiger partial charge < -0.3 is 20.1 Å². The van der Waals surface area contributed by atoms with Crippen LogP contribution in [0.3, 0.4) is 0 Å². The summed E-state index contributed by atoms with van der Waals surface area (Å²) in [6.45, 7) is 9.37. The lowest BCUT2D eigenvalue weighted by Gasteiger charge is -2.30. The van der Waals surface area contributed by atoms with E-state index in [1.165, 1.54) is 0 Å². The fraction of sp³-hybridized carbons (Fsp3) is 0.857. The Hall–Kier alpha value is -1.30. The second-order valence-corrected chi connectivity index (χ2v) is 5.80. The van der Waals surface area contributed by atoms with Crippen molar-refractivity contribution in [1.82, 2.24) is 10.2 Å². The van der Waals surface area contributed by atoms with Gasteiger partial charge in [0.05, 0.1) is 6.42 Å². The van der Waals surface area contributed by atoms with Crippen LogP contribution in [0.4, 0.5) is 4.79 Å². The minimum atomic E-state index is -0.899.